The van der Waals surface area contributed by atoms with Crippen LogP contribution in [0.15, 0.2) is 36.5 Å². The van der Waals surface area contributed by atoms with Gasteiger partial charge in [0.05, 0.1) is 0 Å². The van der Waals surface area contributed by atoms with Crippen molar-refractivity contribution in [1.82, 2.24) is 0 Å². The molecule has 4 atom stereocenters. The van der Waals surface area contributed by atoms with Crippen LogP contribution in [0.1, 0.15) is 59.8 Å². The summed E-state index contributed by atoms with van der Waals surface area (Å²) in [5.74, 6) is -0.298. The minimum atomic E-state index is -0.494. The molecular formula is C24H34O5. The van der Waals surface area contributed by atoms with E-state index in [-0.39, 0.29) is 36.3 Å². The topological polar surface area (TPSA) is 69.7 Å². The summed E-state index contributed by atoms with van der Waals surface area (Å²) in [4.78, 5) is 35.8. The van der Waals surface area contributed by atoms with Crippen molar-refractivity contribution < 1.29 is 23.9 Å². The van der Waals surface area contributed by atoms with Gasteiger partial charge in [0.15, 0.2) is 5.78 Å². The Morgan fingerprint density at radius 1 is 1.28 bits per heavy atom. The Hall–Kier alpha value is -2.17. The van der Waals surface area contributed by atoms with Gasteiger partial charge in [-0.3, -0.25) is 14.4 Å². The fourth-order valence-electron chi connectivity index (χ4n) is 5.18. The maximum Gasteiger partial charge on any atom is 0.302 e. The molecular weight excluding hydrogens is 368 g/mol. The van der Waals surface area contributed by atoms with Gasteiger partial charge in [0.2, 0.25) is 0 Å². The average molecular weight is 403 g/mol. The molecule has 0 aromatic heterocycles. The monoisotopic (exact) mass is 402 g/mol. The SMILES string of the molecule is C=CC(=C)CC[C@]1(C)[C@H](C)CC[C@@]2(COC(C)=O)C(COC(C)=O)=CC(=O)C[C@H]21. The number of carbonyl (C=O) groups is 3. The molecule has 1 saturated carbocycles. The fourth-order valence-corrected chi connectivity index (χ4v) is 5.18. The van der Waals surface area contributed by atoms with E-state index < -0.39 is 11.4 Å². The lowest BCUT2D eigenvalue weighted by atomic mass is 9.46. The molecule has 0 saturated heterocycles. The maximum absolute atomic E-state index is 12.7. The van der Waals surface area contributed by atoms with Gasteiger partial charge in [-0.2, -0.15) is 0 Å². The van der Waals surface area contributed by atoms with E-state index >= 15 is 0 Å². The van der Waals surface area contributed by atoms with Gasteiger partial charge in [0, 0.05) is 25.7 Å². The van der Waals surface area contributed by atoms with Crippen LogP contribution in [0.3, 0.4) is 0 Å². The normalized spacial score (nSPS) is 31.3. The zero-order valence-electron chi connectivity index (χ0n) is 18.2. The Labute approximate surface area is 174 Å². The van der Waals surface area contributed by atoms with Gasteiger partial charge < -0.3 is 9.47 Å². The molecule has 160 valence electrons. The van der Waals surface area contributed by atoms with Gasteiger partial charge >= 0.3 is 11.9 Å². The van der Waals surface area contributed by atoms with Crippen molar-refractivity contribution in [3.63, 3.8) is 0 Å². The molecule has 0 aromatic carbocycles. The van der Waals surface area contributed by atoms with Gasteiger partial charge in [-0.15, -0.1) is 0 Å². The van der Waals surface area contributed by atoms with E-state index in [2.05, 4.69) is 27.0 Å². The Bertz CT molecular complexity index is 734. The molecule has 0 amide bonds. The van der Waals surface area contributed by atoms with Crippen molar-refractivity contribution in [2.75, 3.05) is 13.2 Å². The van der Waals surface area contributed by atoms with Crippen LogP contribution in [-0.4, -0.2) is 30.9 Å². The van der Waals surface area contributed by atoms with E-state index in [1.165, 1.54) is 13.8 Å². The molecule has 5 nitrogen and oxygen atoms in total. The Balaban J connectivity index is 2.48. The maximum atomic E-state index is 12.7. The molecule has 0 radical (unpaired) electrons. The molecule has 2 rings (SSSR count). The smallest absolute Gasteiger partial charge is 0.302 e. The molecule has 0 aromatic rings. The lowest BCUT2D eigenvalue weighted by molar-refractivity contribution is -0.155. The highest BCUT2D eigenvalue weighted by atomic mass is 16.5. The summed E-state index contributed by atoms with van der Waals surface area (Å²) in [5, 5.41) is 0. The summed E-state index contributed by atoms with van der Waals surface area (Å²) in [7, 11) is 0. The molecule has 5 heteroatoms. The number of fused-ring (bicyclic) bond motifs is 1. The predicted molar refractivity (Wildman–Crippen MR) is 112 cm³/mol. The van der Waals surface area contributed by atoms with Gasteiger partial charge in [-0.25, -0.2) is 0 Å². The number of rotatable bonds is 8. The van der Waals surface area contributed by atoms with E-state index in [1.807, 2.05) is 0 Å². The standard InChI is InChI=1S/C24H34O5/c1-7-16(2)8-10-23(6)17(3)9-11-24(15-29-19(5)26)20(14-28-18(4)25)12-21(27)13-22(23)24/h7,12,17,22H,1-2,8-11,13-15H2,3-6H3/t17-,22+,23-,24-/m1/s1. The van der Waals surface area contributed by atoms with Crippen LogP contribution in [0.4, 0.5) is 0 Å². The molecule has 29 heavy (non-hydrogen) atoms. The Morgan fingerprint density at radius 2 is 1.93 bits per heavy atom. The van der Waals surface area contributed by atoms with Crippen molar-refractivity contribution in [2.45, 2.75) is 59.8 Å². The van der Waals surface area contributed by atoms with Crippen LogP contribution < -0.4 is 0 Å². The first-order valence-corrected chi connectivity index (χ1v) is 10.4. The third kappa shape index (κ3) is 4.88. The molecule has 0 N–H and O–H groups in total. The summed E-state index contributed by atoms with van der Waals surface area (Å²) in [6.45, 7) is 15.3. The van der Waals surface area contributed by atoms with E-state index in [0.717, 1.165) is 36.8 Å². The number of allylic oxidation sites excluding steroid dienone is 3. The first-order chi connectivity index (χ1) is 13.5. The number of ketones is 1. The van der Waals surface area contributed by atoms with Crippen molar-refractivity contribution in [3.8, 4) is 0 Å². The summed E-state index contributed by atoms with van der Waals surface area (Å²) in [6, 6.07) is 0. The lowest BCUT2D eigenvalue weighted by Crippen LogP contribution is -2.55. The van der Waals surface area contributed by atoms with Crippen LogP contribution in [0, 0.1) is 22.7 Å². The van der Waals surface area contributed by atoms with Crippen molar-refractivity contribution in [2.24, 2.45) is 22.7 Å². The molecule has 2 aliphatic carbocycles. The van der Waals surface area contributed by atoms with Crippen LogP contribution in [0.25, 0.3) is 0 Å². The molecule has 1 fully saturated rings. The highest BCUT2D eigenvalue weighted by molar-refractivity contribution is 5.92. The third-order valence-corrected chi connectivity index (χ3v) is 7.23. The van der Waals surface area contributed by atoms with Gasteiger partial charge in [0.1, 0.15) is 13.2 Å². The van der Waals surface area contributed by atoms with Gasteiger partial charge in [0.25, 0.3) is 0 Å². The van der Waals surface area contributed by atoms with Crippen LogP contribution >= 0.6 is 0 Å². The number of hydrogen-bond donors (Lipinski definition) is 0. The molecule has 0 heterocycles. The number of carbonyl (C=O) groups excluding carboxylic acids is 3. The van der Waals surface area contributed by atoms with Gasteiger partial charge in [-0.05, 0) is 54.6 Å². The minimum Gasteiger partial charge on any atom is -0.465 e. The second kappa shape index (κ2) is 9.10. The number of hydrogen-bond acceptors (Lipinski definition) is 5. The fraction of sp³-hybridized carbons (Fsp3) is 0.625. The van der Waals surface area contributed by atoms with Crippen molar-refractivity contribution in [3.05, 3.63) is 36.5 Å². The first kappa shape index (κ1) is 23.1. The molecule has 2 aliphatic rings. The van der Waals surface area contributed by atoms with Crippen LogP contribution in [0.2, 0.25) is 0 Å². The summed E-state index contributed by atoms with van der Waals surface area (Å²) < 4.78 is 10.8. The predicted octanol–water partition coefficient (Wildman–Crippen LogP) is 4.57. The quantitative estimate of drug-likeness (QED) is 0.439. The Kier molecular flexibility index (Phi) is 7.25. The Morgan fingerprint density at radius 3 is 2.52 bits per heavy atom. The van der Waals surface area contributed by atoms with E-state index in [0.29, 0.717) is 12.3 Å². The van der Waals surface area contributed by atoms with E-state index in [1.54, 1.807) is 12.2 Å². The largest absolute Gasteiger partial charge is 0.465 e. The van der Waals surface area contributed by atoms with Crippen molar-refractivity contribution in [1.29, 1.82) is 0 Å². The minimum absolute atomic E-state index is 0.00114. The highest BCUT2D eigenvalue weighted by Gasteiger charge is 2.58. The molecule has 0 aliphatic heterocycles. The summed E-state index contributed by atoms with van der Waals surface area (Å²) >= 11 is 0. The number of ether oxygens (including phenoxy) is 2. The average Bonchev–Trinajstić information content (AvgIpc) is 2.66. The lowest BCUT2D eigenvalue weighted by Gasteiger charge is -2.58. The summed E-state index contributed by atoms with van der Waals surface area (Å²) in [6.07, 6.45) is 7.22. The zero-order chi connectivity index (χ0) is 21.8. The van der Waals surface area contributed by atoms with E-state index in [4.69, 9.17) is 9.47 Å². The first-order valence-electron chi connectivity index (χ1n) is 10.4. The molecule has 0 bridgehead atoms. The van der Waals surface area contributed by atoms with Crippen molar-refractivity contribution >= 4 is 17.7 Å². The molecule has 0 unspecified atom stereocenters. The number of esters is 2. The zero-order valence-corrected chi connectivity index (χ0v) is 18.2. The van der Waals surface area contributed by atoms with Crippen LogP contribution in [-0.2, 0) is 23.9 Å². The van der Waals surface area contributed by atoms with Gasteiger partial charge in [-0.1, -0.05) is 38.7 Å². The second-order valence-electron chi connectivity index (χ2n) is 8.92. The third-order valence-electron chi connectivity index (χ3n) is 7.23. The highest BCUT2D eigenvalue weighted by Crippen LogP contribution is 2.62. The van der Waals surface area contributed by atoms with Crippen LogP contribution in [0.5, 0.6) is 0 Å². The summed E-state index contributed by atoms with van der Waals surface area (Å²) in [5.41, 5.74) is 1.12. The van der Waals surface area contributed by atoms with E-state index in [9.17, 15) is 14.4 Å². The second-order valence-corrected chi connectivity index (χ2v) is 8.92. The molecule has 0 spiro atoms.